The molecule has 2 bridgehead atoms. The van der Waals surface area contributed by atoms with Crippen molar-refractivity contribution in [2.75, 3.05) is 5.32 Å². The summed E-state index contributed by atoms with van der Waals surface area (Å²) in [4.78, 5) is 14.5. The lowest BCUT2D eigenvalue weighted by Gasteiger charge is -2.43. The van der Waals surface area contributed by atoms with E-state index in [9.17, 15) is 4.79 Å². The molecule has 1 aromatic heterocycles. The highest BCUT2D eigenvalue weighted by molar-refractivity contribution is 5.94. The molecule has 0 saturated carbocycles. The van der Waals surface area contributed by atoms with Crippen molar-refractivity contribution in [3.05, 3.63) is 102 Å². The Morgan fingerprint density at radius 2 is 1.66 bits per heavy atom. The summed E-state index contributed by atoms with van der Waals surface area (Å²) in [6, 6.07) is 28.4. The number of para-hydroxylation sites is 2. The van der Waals surface area contributed by atoms with Crippen molar-refractivity contribution in [2.24, 2.45) is 5.92 Å². The second-order valence-electron chi connectivity index (χ2n) is 11.0. The molecule has 0 radical (unpaired) electrons. The summed E-state index contributed by atoms with van der Waals surface area (Å²) in [5.74, 6) is 3.74. The van der Waals surface area contributed by atoms with E-state index in [0.29, 0.717) is 23.9 Å². The van der Waals surface area contributed by atoms with Crippen LogP contribution in [0.5, 0.6) is 11.5 Å². The predicted molar refractivity (Wildman–Crippen MR) is 148 cm³/mol. The van der Waals surface area contributed by atoms with Gasteiger partial charge in [0, 0.05) is 47.3 Å². The van der Waals surface area contributed by atoms with Crippen LogP contribution in [0.15, 0.2) is 89.5 Å². The topological polar surface area (TPSA) is 54.7 Å². The minimum atomic E-state index is -0.0753. The van der Waals surface area contributed by atoms with E-state index in [4.69, 9.17) is 9.15 Å². The van der Waals surface area contributed by atoms with Gasteiger partial charge in [0.05, 0.1) is 12.8 Å². The summed E-state index contributed by atoms with van der Waals surface area (Å²) in [7, 11) is 0. The maximum atomic E-state index is 11.8. The molecule has 7 rings (SSSR count). The largest absolute Gasteiger partial charge is 0.468 e. The number of nitrogens with zero attached hydrogens (tertiary/aromatic N) is 1. The smallest absolute Gasteiger partial charge is 0.221 e. The number of anilines is 1. The van der Waals surface area contributed by atoms with Gasteiger partial charge in [0.2, 0.25) is 5.91 Å². The molecule has 2 saturated heterocycles. The summed E-state index contributed by atoms with van der Waals surface area (Å²) >= 11 is 0. The first-order valence-corrected chi connectivity index (χ1v) is 13.7. The van der Waals surface area contributed by atoms with Gasteiger partial charge >= 0.3 is 0 Å². The third-order valence-electron chi connectivity index (χ3n) is 8.68. The molecule has 1 amide bonds. The van der Waals surface area contributed by atoms with Crippen LogP contribution in [0.25, 0.3) is 11.1 Å². The maximum Gasteiger partial charge on any atom is 0.221 e. The first kappa shape index (κ1) is 23.3. The summed E-state index contributed by atoms with van der Waals surface area (Å²) in [5.41, 5.74) is 5.42. The Bertz CT molecular complexity index is 1460. The van der Waals surface area contributed by atoms with Gasteiger partial charge in [0.1, 0.15) is 17.3 Å². The van der Waals surface area contributed by atoms with Crippen LogP contribution in [-0.2, 0) is 11.3 Å². The normalized spacial score (nSPS) is 23.8. The van der Waals surface area contributed by atoms with E-state index in [1.54, 1.807) is 13.2 Å². The number of carbonyl (C=O) groups is 1. The number of piperidine rings is 1. The maximum absolute atomic E-state index is 11.8. The molecule has 4 aromatic rings. The third kappa shape index (κ3) is 4.11. The van der Waals surface area contributed by atoms with Crippen LogP contribution in [0.3, 0.4) is 0 Å². The Morgan fingerprint density at radius 3 is 2.45 bits per heavy atom. The van der Waals surface area contributed by atoms with Crippen molar-refractivity contribution in [3.8, 4) is 22.6 Å². The number of benzene rings is 3. The third-order valence-corrected chi connectivity index (χ3v) is 8.68. The lowest BCUT2D eigenvalue weighted by atomic mass is 9.72. The number of amides is 1. The van der Waals surface area contributed by atoms with Gasteiger partial charge < -0.3 is 14.5 Å². The summed E-state index contributed by atoms with van der Waals surface area (Å²) in [6.07, 6.45) is 6.67. The second kappa shape index (κ2) is 9.48. The minimum absolute atomic E-state index is 0.0753. The first-order chi connectivity index (χ1) is 18.6. The second-order valence-corrected chi connectivity index (χ2v) is 11.0. The highest BCUT2D eigenvalue weighted by atomic mass is 16.5. The Labute approximate surface area is 223 Å². The molecule has 38 heavy (non-hydrogen) atoms. The number of fused-ring (bicyclic) bond motifs is 4. The summed E-state index contributed by atoms with van der Waals surface area (Å²) < 4.78 is 12.2. The molecule has 0 spiro atoms. The minimum Gasteiger partial charge on any atom is -0.468 e. The molecule has 3 aliphatic rings. The van der Waals surface area contributed by atoms with Crippen molar-refractivity contribution in [1.29, 1.82) is 0 Å². The van der Waals surface area contributed by atoms with Crippen LogP contribution >= 0.6 is 0 Å². The summed E-state index contributed by atoms with van der Waals surface area (Å²) in [5, 5.41) is 2.97. The molecule has 1 N–H and O–H groups in total. The molecule has 0 aliphatic carbocycles. The van der Waals surface area contributed by atoms with Gasteiger partial charge in [0.15, 0.2) is 0 Å². The van der Waals surface area contributed by atoms with E-state index in [1.165, 1.54) is 36.8 Å². The molecule has 4 heterocycles. The highest BCUT2D eigenvalue weighted by Crippen LogP contribution is 2.54. The molecule has 3 aliphatic heterocycles. The van der Waals surface area contributed by atoms with Crippen LogP contribution in [0.2, 0.25) is 0 Å². The Balaban J connectivity index is 1.23. The molecule has 3 unspecified atom stereocenters. The van der Waals surface area contributed by atoms with E-state index >= 15 is 0 Å². The average molecular weight is 505 g/mol. The van der Waals surface area contributed by atoms with Gasteiger partial charge in [-0.2, -0.15) is 0 Å². The standard InChI is InChI=1S/C33H32N2O3/c1-21(36)34-30-10-4-2-8-27(30)22-12-15-29-32(19-22)38-31-11-5-3-9-28(31)33(29)23-17-24-13-14-25(18-23)35(24)20-26-7-6-16-37-26/h2-12,15-16,19,23-25,33H,13-14,17-18,20H2,1H3,(H,34,36). The number of hydrogen-bond acceptors (Lipinski definition) is 4. The zero-order valence-corrected chi connectivity index (χ0v) is 21.6. The molecule has 192 valence electrons. The fourth-order valence-electron chi connectivity index (χ4n) is 7.13. The number of rotatable bonds is 5. The molecule has 5 nitrogen and oxygen atoms in total. The van der Waals surface area contributed by atoms with Gasteiger partial charge in [-0.25, -0.2) is 0 Å². The Morgan fingerprint density at radius 1 is 0.895 bits per heavy atom. The van der Waals surface area contributed by atoms with Crippen LogP contribution in [-0.4, -0.2) is 22.9 Å². The number of nitrogens with one attached hydrogen (secondary N) is 1. The van der Waals surface area contributed by atoms with E-state index < -0.39 is 0 Å². The Kier molecular flexibility index (Phi) is 5.81. The molecule has 3 aromatic carbocycles. The van der Waals surface area contributed by atoms with E-state index in [1.807, 2.05) is 30.3 Å². The van der Waals surface area contributed by atoms with Crippen LogP contribution < -0.4 is 10.1 Å². The van der Waals surface area contributed by atoms with Gasteiger partial charge in [-0.3, -0.25) is 9.69 Å². The van der Waals surface area contributed by atoms with Crippen molar-refractivity contribution in [3.63, 3.8) is 0 Å². The first-order valence-electron chi connectivity index (χ1n) is 13.7. The predicted octanol–water partition coefficient (Wildman–Crippen LogP) is 7.59. The molecule has 2 fully saturated rings. The van der Waals surface area contributed by atoms with Crippen molar-refractivity contribution in [1.82, 2.24) is 4.90 Å². The van der Waals surface area contributed by atoms with Crippen molar-refractivity contribution < 1.29 is 13.9 Å². The molecular weight excluding hydrogens is 472 g/mol. The van der Waals surface area contributed by atoms with E-state index in [0.717, 1.165) is 40.6 Å². The van der Waals surface area contributed by atoms with E-state index in [2.05, 4.69) is 58.7 Å². The lowest BCUT2D eigenvalue weighted by Crippen LogP contribution is -2.43. The zero-order chi connectivity index (χ0) is 25.6. The number of carbonyl (C=O) groups excluding carboxylic acids is 1. The SMILES string of the molecule is CC(=O)Nc1ccccc1-c1ccc2c(c1)Oc1ccccc1C2C1CC2CCC(C1)N2Cc1ccco1. The fraction of sp³-hybridized carbons (Fsp3) is 0.303. The molecule has 3 atom stereocenters. The Hall–Kier alpha value is -3.83. The van der Waals surface area contributed by atoms with Crippen LogP contribution in [0.4, 0.5) is 5.69 Å². The number of furan rings is 1. The van der Waals surface area contributed by atoms with Crippen LogP contribution in [0.1, 0.15) is 55.4 Å². The van der Waals surface area contributed by atoms with Gasteiger partial charge in [-0.15, -0.1) is 0 Å². The van der Waals surface area contributed by atoms with Crippen molar-refractivity contribution in [2.45, 2.75) is 57.2 Å². The summed E-state index contributed by atoms with van der Waals surface area (Å²) in [6.45, 7) is 2.45. The monoisotopic (exact) mass is 504 g/mol. The number of ether oxygens (including phenoxy) is 1. The average Bonchev–Trinajstić information content (AvgIpc) is 3.51. The lowest BCUT2D eigenvalue weighted by molar-refractivity contribution is -0.114. The van der Waals surface area contributed by atoms with Crippen molar-refractivity contribution >= 4 is 11.6 Å². The van der Waals surface area contributed by atoms with Gasteiger partial charge in [-0.05, 0) is 67.5 Å². The van der Waals surface area contributed by atoms with Gasteiger partial charge in [-0.1, -0.05) is 48.5 Å². The van der Waals surface area contributed by atoms with E-state index in [-0.39, 0.29) is 5.91 Å². The molecular formula is C33H32N2O3. The quantitative estimate of drug-likeness (QED) is 0.304. The zero-order valence-electron chi connectivity index (χ0n) is 21.6. The fourth-order valence-corrected chi connectivity index (χ4v) is 7.13. The number of hydrogen-bond donors (Lipinski definition) is 1. The van der Waals surface area contributed by atoms with Crippen LogP contribution in [0, 0.1) is 5.92 Å². The molecule has 5 heteroatoms. The van der Waals surface area contributed by atoms with Gasteiger partial charge in [0.25, 0.3) is 0 Å². The highest BCUT2D eigenvalue weighted by Gasteiger charge is 2.45.